The third-order valence-corrected chi connectivity index (χ3v) is 2.90. The molecule has 1 aliphatic carbocycles. The van der Waals surface area contributed by atoms with Gasteiger partial charge in [-0.25, -0.2) is 0 Å². The first-order valence-electron chi connectivity index (χ1n) is 5.74. The van der Waals surface area contributed by atoms with Gasteiger partial charge in [-0.05, 0) is 51.1 Å². The van der Waals surface area contributed by atoms with Crippen LogP contribution in [-0.2, 0) is 6.54 Å². The Morgan fingerprint density at radius 3 is 2.73 bits per heavy atom. The number of hydrogen-bond donors (Lipinski definition) is 1. The highest BCUT2D eigenvalue weighted by molar-refractivity contribution is 5.46. The fourth-order valence-corrected chi connectivity index (χ4v) is 1.91. The molecule has 0 aromatic heterocycles. The average Bonchev–Trinajstić information content (AvgIpc) is 2.11. The molecule has 0 bridgehead atoms. The van der Waals surface area contributed by atoms with E-state index in [2.05, 4.69) is 48.6 Å². The van der Waals surface area contributed by atoms with Crippen molar-refractivity contribution in [1.29, 1.82) is 0 Å². The van der Waals surface area contributed by atoms with Gasteiger partial charge in [-0.15, -0.1) is 0 Å². The molecule has 1 aromatic carbocycles. The molecular formula is C13H20N2. The predicted octanol–water partition coefficient (Wildman–Crippen LogP) is 2.71. The van der Waals surface area contributed by atoms with Crippen LogP contribution in [0, 0.1) is 0 Å². The van der Waals surface area contributed by atoms with Gasteiger partial charge in [0, 0.05) is 18.3 Å². The fraction of sp³-hybridized carbons (Fsp3) is 0.538. The summed E-state index contributed by atoms with van der Waals surface area (Å²) >= 11 is 0. The minimum absolute atomic E-state index is 0.722. The minimum Gasteiger partial charge on any atom is -0.382 e. The molecule has 0 amide bonds. The van der Waals surface area contributed by atoms with Crippen molar-refractivity contribution in [2.45, 2.75) is 31.8 Å². The lowest BCUT2D eigenvalue weighted by Gasteiger charge is -2.27. The molecule has 0 aliphatic heterocycles. The smallest absolute Gasteiger partial charge is 0.0345 e. The van der Waals surface area contributed by atoms with Crippen LogP contribution in [-0.4, -0.2) is 25.0 Å². The van der Waals surface area contributed by atoms with Crippen molar-refractivity contribution < 1.29 is 0 Å². The summed E-state index contributed by atoms with van der Waals surface area (Å²) in [5.41, 5.74) is 2.66. The molecule has 1 aliphatic rings. The maximum absolute atomic E-state index is 3.57. The van der Waals surface area contributed by atoms with Crippen molar-refractivity contribution in [3.8, 4) is 0 Å². The van der Waals surface area contributed by atoms with Gasteiger partial charge in [0.15, 0.2) is 0 Å². The Bertz CT molecular complexity index is 316. The largest absolute Gasteiger partial charge is 0.382 e. The van der Waals surface area contributed by atoms with E-state index in [-0.39, 0.29) is 0 Å². The van der Waals surface area contributed by atoms with Gasteiger partial charge in [-0.2, -0.15) is 0 Å². The Hall–Kier alpha value is -1.02. The molecule has 0 unspecified atom stereocenters. The van der Waals surface area contributed by atoms with Gasteiger partial charge in [-0.1, -0.05) is 12.1 Å². The van der Waals surface area contributed by atoms with Crippen LogP contribution in [0.1, 0.15) is 24.8 Å². The van der Waals surface area contributed by atoms with Crippen molar-refractivity contribution in [3.63, 3.8) is 0 Å². The molecule has 82 valence electrons. The van der Waals surface area contributed by atoms with Crippen molar-refractivity contribution in [2.75, 3.05) is 19.4 Å². The molecule has 2 nitrogen and oxygen atoms in total. The second kappa shape index (κ2) is 4.67. The van der Waals surface area contributed by atoms with E-state index in [0.717, 1.165) is 12.6 Å². The normalized spacial score (nSPS) is 16.5. The number of nitrogens with zero attached hydrogens (tertiary/aromatic N) is 1. The molecule has 0 radical (unpaired) electrons. The van der Waals surface area contributed by atoms with Gasteiger partial charge in [0.2, 0.25) is 0 Å². The zero-order chi connectivity index (χ0) is 10.7. The fourth-order valence-electron chi connectivity index (χ4n) is 1.91. The Kier molecular flexibility index (Phi) is 3.27. The third kappa shape index (κ3) is 2.96. The zero-order valence-corrected chi connectivity index (χ0v) is 9.66. The quantitative estimate of drug-likeness (QED) is 0.811. The molecule has 15 heavy (non-hydrogen) atoms. The standard InChI is InChI=1S/C13H20N2/c1-15(2)10-11-5-3-8-13(9-11)14-12-6-4-7-12/h3,5,8-9,12,14H,4,6-7,10H2,1-2H3. The highest BCUT2D eigenvalue weighted by Gasteiger charge is 2.16. The summed E-state index contributed by atoms with van der Waals surface area (Å²) < 4.78 is 0. The molecule has 1 saturated carbocycles. The molecule has 1 aromatic rings. The molecule has 2 heteroatoms. The highest BCUT2D eigenvalue weighted by Crippen LogP contribution is 2.23. The Labute approximate surface area is 92.3 Å². The maximum Gasteiger partial charge on any atom is 0.0345 e. The number of benzene rings is 1. The van der Waals surface area contributed by atoms with Gasteiger partial charge < -0.3 is 10.2 Å². The Balaban J connectivity index is 1.98. The second-order valence-corrected chi connectivity index (χ2v) is 4.71. The van der Waals surface area contributed by atoms with E-state index in [1.807, 2.05) is 0 Å². The van der Waals surface area contributed by atoms with Crippen LogP contribution < -0.4 is 5.32 Å². The summed E-state index contributed by atoms with van der Waals surface area (Å²) in [6.07, 6.45) is 4.05. The molecule has 1 N–H and O–H groups in total. The summed E-state index contributed by atoms with van der Waals surface area (Å²) in [7, 11) is 4.21. The molecule has 0 atom stereocenters. The molecule has 0 spiro atoms. The van der Waals surface area contributed by atoms with Crippen LogP contribution in [0.25, 0.3) is 0 Å². The van der Waals surface area contributed by atoms with E-state index in [1.54, 1.807) is 0 Å². The van der Waals surface area contributed by atoms with Crippen molar-refractivity contribution in [1.82, 2.24) is 4.90 Å². The highest BCUT2D eigenvalue weighted by atomic mass is 15.0. The SMILES string of the molecule is CN(C)Cc1cccc(NC2CCC2)c1. The van der Waals surface area contributed by atoms with Gasteiger partial charge in [0.1, 0.15) is 0 Å². The first-order chi connectivity index (χ1) is 7.24. The van der Waals surface area contributed by atoms with Gasteiger partial charge in [-0.3, -0.25) is 0 Å². The van der Waals surface area contributed by atoms with E-state index in [0.29, 0.717) is 0 Å². The van der Waals surface area contributed by atoms with E-state index in [9.17, 15) is 0 Å². The zero-order valence-electron chi connectivity index (χ0n) is 9.66. The number of hydrogen-bond acceptors (Lipinski definition) is 2. The molecule has 0 heterocycles. The van der Waals surface area contributed by atoms with Crippen LogP contribution in [0.4, 0.5) is 5.69 Å². The van der Waals surface area contributed by atoms with Crippen molar-refractivity contribution >= 4 is 5.69 Å². The van der Waals surface area contributed by atoms with E-state index in [1.165, 1.54) is 30.5 Å². The molecule has 2 rings (SSSR count). The lowest BCUT2D eigenvalue weighted by Crippen LogP contribution is -2.27. The summed E-state index contributed by atoms with van der Waals surface area (Å²) in [6.45, 7) is 1.01. The lowest BCUT2D eigenvalue weighted by molar-refractivity contribution is 0.402. The Morgan fingerprint density at radius 1 is 1.33 bits per heavy atom. The van der Waals surface area contributed by atoms with Gasteiger partial charge in [0.05, 0.1) is 0 Å². The van der Waals surface area contributed by atoms with Crippen LogP contribution >= 0.6 is 0 Å². The first-order valence-corrected chi connectivity index (χ1v) is 5.74. The van der Waals surface area contributed by atoms with Crippen LogP contribution in [0.2, 0.25) is 0 Å². The van der Waals surface area contributed by atoms with E-state index >= 15 is 0 Å². The predicted molar refractivity (Wildman–Crippen MR) is 65.1 cm³/mol. The first kappa shape index (κ1) is 10.5. The van der Waals surface area contributed by atoms with E-state index in [4.69, 9.17) is 0 Å². The summed E-state index contributed by atoms with van der Waals surface area (Å²) in [6, 6.07) is 9.47. The molecular weight excluding hydrogens is 184 g/mol. The topological polar surface area (TPSA) is 15.3 Å². The van der Waals surface area contributed by atoms with Gasteiger partial charge in [0.25, 0.3) is 0 Å². The van der Waals surface area contributed by atoms with Crippen LogP contribution in [0.15, 0.2) is 24.3 Å². The summed E-state index contributed by atoms with van der Waals surface area (Å²) in [5, 5.41) is 3.57. The third-order valence-electron chi connectivity index (χ3n) is 2.90. The molecule has 0 saturated heterocycles. The van der Waals surface area contributed by atoms with Crippen LogP contribution in [0.3, 0.4) is 0 Å². The van der Waals surface area contributed by atoms with Crippen LogP contribution in [0.5, 0.6) is 0 Å². The number of rotatable bonds is 4. The minimum atomic E-state index is 0.722. The number of nitrogens with one attached hydrogen (secondary N) is 1. The Morgan fingerprint density at radius 2 is 2.13 bits per heavy atom. The van der Waals surface area contributed by atoms with E-state index < -0.39 is 0 Å². The summed E-state index contributed by atoms with van der Waals surface area (Å²) in [4.78, 5) is 2.20. The maximum atomic E-state index is 3.57. The molecule has 1 fully saturated rings. The van der Waals surface area contributed by atoms with Crippen molar-refractivity contribution in [2.24, 2.45) is 0 Å². The monoisotopic (exact) mass is 204 g/mol. The summed E-state index contributed by atoms with van der Waals surface area (Å²) in [5.74, 6) is 0. The number of anilines is 1. The van der Waals surface area contributed by atoms with Gasteiger partial charge >= 0.3 is 0 Å². The average molecular weight is 204 g/mol. The second-order valence-electron chi connectivity index (χ2n) is 4.71. The lowest BCUT2D eigenvalue weighted by atomic mass is 9.93. The van der Waals surface area contributed by atoms with Crippen molar-refractivity contribution in [3.05, 3.63) is 29.8 Å².